The number of nitrogens with zero attached hydrogens (tertiary/aromatic N) is 3. The fraction of sp³-hybridized carbons (Fsp3) is 0.636. The van der Waals surface area contributed by atoms with E-state index in [2.05, 4.69) is 44.6 Å². The third-order valence-corrected chi connectivity index (χ3v) is 3.12. The molecule has 2 rings (SSSR count). The molecule has 1 fully saturated rings. The molecule has 2 heterocycles. The van der Waals surface area contributed by atoms with Gasteiger partial charge in [0.15, 0.2) is 0 Å². The van der Waals surface area contributed by atoms with Crippen molar-refractivity contribution in [3.63, 3.8) is 0 Å². The number of halogens is 1. The van der Waals surface area contributed by atoms with Crippen LogP contribution in [0, 0.1) is 6.92 Å². The summed E-state index contributed by atoms with van der Waals surface area (Å²) in [5, 5.41) is 0. The van der Waals surface area contributed by atoms with Crippen molar-refractivity contribution in [2.75, 3.05) is 24.7 Å². The number of hydrogen-bond acceptors (Lipinski definition) is 4. The van der Waals surface area contributed by atoms with Crippen molar-refractivity contribution >= 4 is 21.7 Å². The Morgan fingerprint density at radius 1 is 1.44 bits per heavy atom. The lowest BCUT2D eigenvalue weighted by molar-refractivity contribution is 0.0639. The molecule has 0 spiro atoms. The third-order valence-electron chi connectivity index (χ3n) is 2.71. The maximum absolute atomic E-state index is 5.50. The molecule has 1 saturated heterocycles. The number of morpholine rings is 1. The predicted octanol–water partition coefficient (Wildman–Crippen LogP) is 2.16. The molecule has 1 aromatic rings. The molecule has 0 bridgehead atoms. The first-order valence-corrected chi connectivity index (χ1v) is 6.15. The molecule has 88 valence electrons. The molecule has 0 unspecified atom stereocenters. The van der Waals surface area contributed by atoms with Crippen molar-refractivity contribution in [3.8, 4) is 0 Å². The van der Waals surface area contributed by atoms with Gasteiger partial charge < -0.3 is 9.64 Å². The highest BCUT2D eigenvalue weighted by Gasteiger charge is 2.31. The summed E-state index contributed by atoms with van der Waals surface area (Å²) in [6.07, 6.45) is 0. The van der Waals surface area contributed by atoms with E-state index in [0.29, 0.717) is 0 Å². The summed E-state index contributed by atoms with van der Waals surface area (Å²) in [5.41, 5.74) is -0.0154. The minimum atomic E-state index is -0.0154. The van der Waals surface area contributed by atoms with Crippen molar-refractivity contribution in [2.24, 2.45) is 0 Å². The normalized spacial score (nSPS) is 19.9. The largest absolute Gasteiger partial charge is 0.377 e. The minimum absolute atomic E-state index is 0.0154. The summed E-state index contributed by atoms with van der Waals surface area (Å²) < 4.78 is 6.33. The molecule has 16 heavy (non-hydrogen) atoms. The molecule has 4 nitrogen and oxygen atoms in total. The van der Waals surface area contributed by atoms with Gasteiger partial charge in [0.2, 0.25) is 0 Å². The summed E-state index contributed by atoms with van der Waals surface area (Å²) in [6.45, 7) is 8.59. The van der Waals surface area contributed by atoms with Crippen molar-refractivity contribution in [3.05, 3.63) is 16.5 Å². The molecule has 1 aromatic heterocycles. The molecule has 0 aromatic carbocycles. The van der Waals surface area contributed by atoms with Gasteiger partial charge in [-0.1, -0.05) is 0 Å². The Hall–Kier alpha value is -0.680. The van der Waals surface area contributed by atoms with E-state index in [9.17, 15) is 0 Å². The summed E-state index contributed by atoms with van der Waals surface area (Å²) in [6, 6.07) is 1.96. The second-order valence-electron chi connectivity index (χ2n) is 4.61. The third kappa shape index (κ3) is 2.35. The molecular formula is C11H16BrN3O. The average Bonchev–Trinajstić information content (AvgIpc) is 2.15. The first-order valence-electron chi connectivity index (χ1n) is 5.36. The Labute approximate surface area is 104 Å². The van der Waals surface area contributed by atoms with E-state index in [1.54, 1.807) is 0 Å². The topological polar surface area (TPSA) is 38.2 Å². The summed E-state index contributed by atoms with van der Waals surface area (Å²) in [4.78, 5) is 11.0. The van der Waals surface area contributed by atoms with E-state index in [4.69, 9.17) is 4.74 Å². The number of rotatable bonds is 1. The molecular weight excluding hydrogens is 270 g/mol. The SMILES string of the molecule is Cc1nc(Br)cc(N2CCOCC2(C)C)n1. The lowest BCUT2D eigenvalue weighted by Crippen LogP contribution is -2.53. The lowest BCUT2D eigenvalue weighted by atomic mass is 10.0. The van der Waals surface area contributed by atoms with Crippen LogP contribution in [0.5, 0.6) is 0 Å². The maximum atomic E-state index is 5.50. The van der Waals surface area contributed by atoms with Crippen LogP contribution in [0.2, 0.25) is 0 Å². The second kappa shape index (κ2) is 4.30. The summed E-state index contributed by atoms with van der Waals surface area (Å²) in [7, 11) is 0. The second-order valence-corrected chi connectivity index (χ2v) is 5.43. The van der Waals surface area contributed by atoms with E-state index in [0.717, 1.165) is 36.0 Å². The Kier molecular flexibility index (Phi) is 3.17. The molecule has 0 amide bonds. The summed E-state index contributed by atoms with van der Waals surface area (Å²) in [5.74, 6) is 1.75. The number of ether oxygens (including phenoxy) is 1. The van der Waals surface area contributed by atoms with E-state index in [1.165, 1.54) is 0 Å². The van der Waals surface area contributed by atoms with E-state index in [-0.39, 0.29) is 5.54 Å². The van der Waals surface area contributed by atoms with Crippen LogP contribution in [0.15, 0.2) is 10.7 Å². The molecule has 1 aliphatic heterocycles. The van der Waals surface area contributed by atoms with Gasteiger partial charge in [0.05, 0.1) is 18.8 Å². The zero-order valence-corrected chi connectivity index (χ0v) is 11.4. The van der Waals surface area contributed by atoms with Gasteiger partial charge in [0.1, 0.15) is 16.2 Å². The maximum Gasteiger partial charge on any atom is 0.134 e. The highest BCUT2D eigenvalue weighted by molar-refractivity contribution is 9.10. The van der Waals surface area contributed by atoms with Crippen LogP contribution in [0.4, 0.5) is 5.82 Å². The van der Waals surface area contributed by atoms with Gasteiger partial charge in [-0.2, -0.15) is 0 Å². The van der Waals surface area contributed by atoms with Crippen LogP contribution < -0.4 is 4.90 Å². The molecule has 1 aliphatic rings. The quantitative estimate of drug-likeness (QED) is 0.742. The highest BCUT2D eigenvalue weighted by Crippen LogP contribution is 2.26. The molecule has 0 N–H and O–H groups in total. The fourth-order valence-corrected chi connectivity index (χ4v) is 2.40. The van der Waals surface area contributed by atoms with E-state index < -0.39 is 0 Å². The van der Waals surface area contributed by atoms with Gasteiger partial charge >= 0.3 is 0 Å². The Balaban J connectivity index is 2.34. The number of aryl methyl sites for hydroxylation is 1. The lowest BCUT2D eigenvalue weighted by Gasteiger charge is -2.43. The van der Waals surface area contributed by atoms with Crippen molar-refractivity contribution < 1.29 is 4.74 Å². The number of anilines is 1. The van der Waals surface area contributed by atoms with Crippen LogP contribution in [0.3, 0.4) is 0 Å². The molecule has 0 aliphatic carbocycles. The van der Waals surface area contributed by atoms with E-state index in [1.807, 2.05) is 13.0 Å². The van der Waals surface area contributed by atoms with Crippen LogP contribution in [-0.2, 0) is 4.74 Å². The van der Waals surface area contributed by atoms with Crippen LogP contribution in [-0.4, -0.2) is 35.3 Å². The first-order chi connectivity index (χ1) is 7.49. The fourth-order valence-electron chi connectivity index (χ4n) is 1.94. The van der Waals surface area contributed by atoms with Crippen LogP contribution >= 0.6 is 15.9 Å². The molecule has 5 heteroatoms. The predicted molar refractivity (Wildman–Crippen MR) is 66.7 cm³/mol. The van der Waals surface area contributed by atoms with Crippen molar-refractivity contribution in [1.29, 1.82) is 0 Å². The van der Waals surface area contributed by atoms with Gasteiger partial charge in [0, 0.05) is 12.6 Å². The van der Waals surface area contributed by atoms with E-state index >= 15 is 0 Å². The van der Waals surface area contributed by atoms with Gasteiger partial charge in [0.25, 0.3) is 0 Å². The molecule has 0 radical (unpaired) electrons. The van der Waals surface area contributed by atoms with Crippen molar-refractivity contribution in [1.82, 2.24) is 9.97 Å². The van der Waals surface area contributed by atoms with Gasteiger partial charge in [-0.25, -0.2) is 9.97 Å². The standard InChI is InChI=1S/C11H16BrN3O/c1-8-13-9(12)6-10(14-8)15-4-5-16-7-11(15,2)3/h6H,4-5,7H2,1-3H3. The van der Waals surface area contributed by atoms with Crippen LogP contribution in [0.25, 0.3) is 0 Å². The monoisotopic (exact) mass is 285 g/mol. The Bertz CT molecular complexity index is 375. The zero-order chi connectivity index (χ0) is 11.8. The Morgan fingerprint density at radius 2 is 2.19 bits per heavy atom. The van der Waals surface area contributed by atoms with Gasteiger partial charge in [-0.05, 0) is 36.7 Å². The molecule has 0 atom stereocenters. The first kappa shape index (κ1) is 11.8. The number of aromatic nitrogens is 2. The Morgan fingerprint density at radius 3 is 2.81 bits per heavy atom. The van der Waals surface area contributed by atoms with Gasteiger partial charge in [-0.15, -0.1) is 0 Å². The molecule has 0 saturated carbocycles. The van der Waals surface area contributed by atoms with Gasteiger partial charge in [-0.3, -0.25) is 0 Å². The highest BCUT2D eigenvalue weighted by atomic mass is 79.9. The average molecular weight is 286 g/mol. The summed E-state index contributed by atoms with van der Waals surface area (Å²) >= 11 is 3.41. The van der Waals surface area contributed by atoms with Crippen molar-refractivity contribution in [2.45, 2.75) is 26.3 Å². The smallest absolute Gasteiger partial charge is 0.134 e. The zero-order valence-electron chi connectivity index (χ0n) is 9.83. The number of hydrogen-bond donors (Lipinski definition) is 0. The minimum Gasteiger partial charge on any atom is -0.377 e. The van der Waals surface area contributed by atoms with Crippen LogP contribution in [0.1, 0.15) is 19.7 Å².